The van der Waals surface area contributed by atoms with Gasteiger partial charge in [-0.05, 0) is 12.8 Å². The van der Waals surface area contributed by atoms with Crippen LogP contribution in [0.15, 0.2) is 0 Å². The zero-order valence-corrected chi connectivity index (χ0v) is 16.0. The van der Waals surface area contributed by atoms with Crippen LogP contribution in [0.3, 0.4) is 0 Å². The summed E-state index contributed by atoms with van der Waals surface area (Å²) in [5.41, 5.74) is -6.20. The topological polar surface area (TPSA) is 61.8 Å². The van der Waals surface area contributed by atoms with Crippen molar-refractivity contribution in [1.29, 1.82) is 0 Å². The summed E-state index contributed by atoms with van der Waals surface area (Å²) in [6, 6.07) is 0. The SMILES string of the molecule is CCCCOC(F)(F)C(F)(F)C(F)(F)C(F)(F)OC(CCC)OS(=O)(=O)C(F)(F)F. The van der Waals surface area contributed by atoms with Crippen LogP contribution in [-0.2, 0) is 23.8 Å². The third-order valence-corrected chi connectivity index (χ3v) is 4.26. The molecule has 0 aromatic heterocycles. The average molecular weight is 494 g/mol. The lowest BCUT2D eigenvalue weighted by atomic mass is 10.1. The van der Waals surface area contributed by atoms with E-state index in [1.54, 1.807) is 0 Å². The third kappa shape index (κ3) is 6.29. The van der Waals surface area contributed by atoms with Gasteiger partial charge in [0.15, 0.2) is 6.29 Å². The van der Waals surface area contributed by atoms with E-state index < -0.39 is 65.4 Å². The van der Waals surface area contributed by atoms with Crippen LogP contribution in [0.25, 0.3) is 0 Å². The molecule has 5 nitrogen and oxygen atoms in total. The first-order valence-corrected chi connectivity index (χ1v) is 9.43. The van der Waals surface area contributed by atoms with E-state index >= 15 is 0 Å². The summed E-state index contributed by atoms with van der Waals surface area (Å²) in [6.07, 6.45) is -18.1. The van der Waals surface area contributed by atoms with E-state index in [2.05, 4.69) is 13.7 Å². The second kappa shape index (κ2) is 9.68. The molecular weight excluding hydrogens is 477 g/mol. The summed E-state index contributed by atoms with van der Waals surface area (Å²) in [4.78, 5) is 0. The Labute approximate surface area is 163 Å². The number of unbranched alkanes of at least 4 members (excludes halogenated alkanes) is 1. The average Bonchev–Trinajstić information content (AvgIpc) is 2.52. The molecule has 1 unspecified atom stereocenters. The molecule has 0 saturated heterocycles. The van der Waals surface area contributed by atoms with E-state index in [0.29, 0.717) is 0 Å². The predicted octanol–water partition coefficient (Wildman–Crippen LogP) is 5.27. The molecule has 0 aromatic rings. The van der Waals surface area contributed by atoms with Crippen molar-refractivity contribution < 1.29 is 70.4 Å². The van der Waals surface area contributed by atoms with Gasteiger partial charge in [0, 0.05) is 0 Å². The molecule has 30 heavy (non-hydrogen) atoms. The second-order valence-electron chi connectivity index (χ2n) is 5.72. The highest BCUT2D eigenvalue weighted by Gasteiger charge is 2.83. The van der Waals surface area contributed by atoms with Gasteiger partial charge < -0.3 is 4.74 Å². The fourth-order valence-electron chi connectivity index (χ4n) is 1.60. The summed E-state index contributed by atoms with van der Waals surface area (Å²) in [5, 5.41) is 0. The minimum absolute atomic E-state index is 0.0844. The van der Waals surface area contributed by atoms with E-state index in [1.807, 2.05) is 0 Å². The van der Waals surface area contributed by atoms with Gasteiger partial charge in [-0.1, -0.05) is 26.7 Å². The number of rotatable bonds is 13. The molecule has 0 aliphatic heterocycles. The van der Waals surface area contributed by atoms with Crippen molar-refractivity contribution in [3.8, 4) is 0 Å². The van der Waals surface area contributed by atoms with Crippen molar-refractivity contribution in [2.75, 3.05) is 6.61 Å². The Balaban J connectivity index is 5.82. The molecule has 0 heterocycles. The molecule has 0 bridgehead atoms. The predicted molar refractivity (Wildman–Crippen MR) is 76.5 cm³/mol. The molecule has 1 atom stereocenters. The lowest BCUT2D eigenvalue weighted by Gasteiger charge is -2.36. The molecule has 182 valence electrons. The van der Waals surface area contributed by atoms with Crippen LogP contribution in [0.5, 0.6) is 0 Å². The van der Waals surface area contributed by atoms with Crippen molar-refractivity contribution in [3.63, 3.8) is 0 Å². The van der Waals surface area contributed by atoms with Gasteiger partial charge in [0.2, 0.25) is 0 Å². The lowest BCUT2D eigenvalue weighted by molar-refractivity contribution is -0.473. The van der Waals surface area contributed by atoms with Crippen molar-refractivity contribution in [2.24, 2.45) is 0 Å². The van der Waals surface area contributed by atoms with E-state index in [0.717, 1.165) is 6.92 Å². The fourth-order valence-corrected chi connectivity index (χ4v) is 2.13. The van der Waals surface area contributed by atoms with E-state index in [4.69, 9.17) is 0 Å². The Morgan fingerprint density at radius 3 is 1.63 bits per heavy atom. The fraction of sp³-hybridized carbons (Fsp3) is 1.00. The van der Waals surface area contributed by atoms with Crippen LogP contribution in [-0.4, -0.2) is 50.9 Å². The Kier molecular flexibility index (Phi) is 9.38. The van der Waals surface area contributed by atoms with Gasteiger partial charge in [-0.25, -0.2) is 4.18 Å². The zero-order valence-electron chi connectivity index (χ0n) is 15.2. The number of hydrogen-bond acceptors (Lipinski definition) is 5. The van der Waals surface area contributed by atoms with Crippen molar-refractivity contribution >= 4 is 10.1 Å². The normalized spacial score (nSPS) is 16.0. The Morgan fingerprint density at radius 1 is 0.767 bits per heavy atom. The molecule has 0 N–H and O–H groups in total. The third-order valence-electron chi connectivity index (χ3n) is 3.23. The molecule has 17 heteroatoms. The summed E-state index contributed by atoms with van der Waals surface area (Å²) in [6.45, 7) is 1.17. The van der Waals surface area contributed by atoms with E-state index in [1.165, 1.54) is 6.92 Å². The number of alkyl halides is 11. The van der Waals surface area contributed by atoms with Crippen LogP contribution in [0.1, 0.15) is 39.5 Å². The molecule has 0 rings (SSSR count). The van der Waals surface area contributed by atoms with Gasteiger partial charge in [-0.3, -0.25) is 4.74 Å². The monoisotopic (exact) mass is 494 g/mol. The first-order valence-electron chi connectivity index (χ1n) is 8.02. The van der Waals surface area contributed by atoms with Crippen molar-refractivity contribution in [1.82, 2.24) is 0 Å². The maximum atomic E-state index is 13.7. The van der Waals surface area contributed by atoms with Gasteiger partial charge in [0.25, 0.3) is 0 Å². The number of halogens is 11. The van der Waals surface area contributed by atoms with Crippen molar-refractivity contribution in [3.05, 3.63) is 0 Å². The van der Waals surface area contributed by atoms with Gasteiger partial charge in [0.1, 0.15) is 0 Å². The molecular formula is C13H17F11O5S. The van der Waals surface area contributed by atoms with E-state index in [9.17, 15) is 56.7 Å². The van der Waals surface area contributed by atoms with Gasteiger partial charge in [-0.15, -0.1) is 0 Å². The first kappa shape index (κ1) is 29.1. The van der Waals surface area contributed by atoms with Crippen LogP contribution in [0, 0.1) is 0 Å². The maximum Gasteiger partial charge on any atom is 0.523 e. The summed E-state index contributed by atoms with van der Waals surface area (Å²) < 4.78 is 176. The Morgan fingerprint density at radius 2 is 1.23 bits per heavy atom. The van der Waals surface area contributed by atoms with Crippen LogP contribution in [0.4, 0.5) is 48.3 Å². The maximum absolute atomic E-state index is 13.7. The smallest absolute Gasteiger partial charge is 0.316 e. The van der Waals surface area contributed by atoms with Crippen LogP contribution >= 0.6 is 0 Å². The Bertz CT molecular complexity index is 648. The largest absolute Gasteiger partial charge is 0.523 e. The molecule has 0 radical (unpaired) electrons. The molecule has 0 aromatic carbocycles. The molecule has 0 spiro atoms. The first-order chi connectivity index (χ1) is 13.2. The highest BCUT2D eigenvalue weighted by Crippen LogP contribution is 2.53. The summed E-state index contributed by atoms with van der Waals surface area (Å²) in [5.74, 6) is -14.0. The molecule has 0 aliphatic carbocycles. The Hall–Kier alpha value is -0.940. The van der Waals surface area contributed by atoms with Gasteiger partial charge in [0.05, 0.1) is 6.61 Å². The molecule has 0 saturated carbocycles. The number of ether oxygens (including phenoxy) is 2. The standard InChI is InChI=1S/C13H17F11O5S/c1-3-5-7-27-11(18,19)9(14,15)10(16,17)12(20,21)28-8(6-4-2)29-30(25,26)13(22,23)24/h8H,3-7H2,1-2H3. The highest BCUT2D eigenvalue weighted by atomic mass is 32.2. The summed E-state index contributed by atoms with van der Waals surface area (Å²) in [7, 11) is -6.68. The van der Waals surface area contributed by atoms with Gasteiger partial charge >= 0.3 is 39.7 Å². The minimum atomic E-state index is -7.06. The molecule has 0 fully saturated rings. The van der Waals surface area contributed by atoms with E-state index in [-0.39, 0.29) is 12.8 Å². The number of hydrogen-bond donors (Lipinski definition) is 0. The zero-order chi connectivity index (χ0) is 24.2. The van der Waals surface area contributed by atoms with Crippen molar-refractivity contribution in [2.45, 2.75) is 75.4 Å². The van der Waals surface area contributed by atoms with Crippen LogP contribution in [0.2, 0.25) is 0 Å². The van der Waals surface area contributed by atoms with Crippen LogP contribution < -0.4 is 0 Å². The molecule has 0 amide bonds. The highest BCUT2D eigenvalue weighted by molar-refractivity contribution is 7.87. The quantitative estimate of drug-likeness (QED) is 0.115. The molecule has 0 aliphatic rings. The minimum Gasteiger partial charge on any atom is -0.316 e. The second-order valence-corrected chi connectivity index (χ2v) is 7.28. The van der Waals surface area contributed by atoms with Gasteiger partial charge in [-0.2, -0.15) is 56.7 Å². The summed E-state index contributed by atoms with van der Waals surface area (Å²) >= 11 is 0. The lowest BCUT2D eigenvalue weighted by Crippen LogP contribution is -2.64.